The molecule has 1 aromatic heterocycles. The first-order chi connectivity index (χ1) is 22.4. The van der Waals surface area contributed by atoms with Crippen molar-refractivity contribution in [2.45, 2.75) is 63.2 Å². The van der Waals surface area contributed by atoms with Crippen molar-refractivity contribution in [3.05, 3.63) is 83.9 Å². The van der Waals surface area contributed by atoms with Crippen LogP contribution in [0.25, 0.3) is 0 Å². The number of rotatable bonds is 8. The molecule has 2 N–H and O–H groups in total. The maximum Gasteiger partial charge on any atom is 0.261 e. The summed E-state index contributed by atoms with van der Waals surface area (Å²) in [5.74, 6) is -1.22. The SMILES string of the molecule is C[C@@H]1CCCCO[C@@H](CN(C)C(=O)c2ccncc2)[C@H](C)CN([C@H](C)CO)C(=O)c2cc(NS(=O)(=O)c3ccc(F)cc3)ccc2O1. The zero-order valence-corrected chi connectivity index (χ0v) is 28.0. The van der Waals surface area contributed by atoms with Crippen LogP contribution in [0.4, 0.5) is 10.1 Å². The molecule has 0 spiro atoms. The second-order valence-corrected chi connectivity index (χ2v) is 13.7. The maximum absolute atomic E-state index is 14.3. The molecular weight excluding hydrogens is 627 g/mol. The van der Waals surface area contributed by atoms with Crippen LogP contribution in [0, 0.1) is 11.7 Å². The molecule has 0 saturated heterocycles. The van der Waals surface area contributed by atoms with E-state index >= 15 is 0 Å². The lowest BCUT2D eigenvalue weighted by Crippen LogP contribution is -2.48. The third-order valence-electron chi connectivity index (χ3n) is 8.16. The third kappa shape index (κ3) is 9.49. The number of benzene rings is 2. The summed E-state index contributed by atoms with van der Waals surface area (Å²) >= 11 is 0. The van der Waals surface area contributed by atoms with E-state index in [1.54, 1.807) is 49.5 Å². The van der Waals surface area contributed by atoms with E-state index in [2.05, 4.69) is 9.71 Å². The first-order valence-electron chi connectivity index (χ1n) is 15.7. The number of aromatic nitrogens is 1. The second-order valence-electron chi connectivity index (χ2n) is 12.0. The number of likely N-dealkylation sites (N-methyl/N-ethyl adjacent to an activating group) is 1. The van der Waals surface area contributed by atoms with Crippen molar-refractivity contribution in [1.29, 1.82) is 0 Å². The Morgan fingerprint density at radius 3 is 2.51 bits per heavy atom. The van der Waals surface area contributed by atoms with Crippen molar-refractivity contribution in [1.82, 2.24) is 14.8 Å². The molecule has 0 unspecified atom stereocenters. The van der Waals surface area contributed by atoms with E-state index in [0.717, 1.165) is 37.1 Å². The van der Waals surface area contributed by atoms with Crippen LogP contribution in [0.3, 0.4) is 0 Å². The summed E-state index contributed by atoms with van der Waals surface area (Å²) in [7, 11) is -2.40. The van der Waals surface area contributed by atoms with Gasteiger partial charge in [0.15, 0.2) is 0 Å². The van der Waals surface area contributed by atoms with E-state index in [0.29, 0.717) is 18.6 Å². The van der Waals surface area contributed by atoms with Gasteiger partial charge in [-0.2, -0.15) is 0 Å². The maximum atomic E-state index is 14.3. The number of ether oxygens (including phenoxy) is 2. The Morgan fingerprint density at radius 2 is 1.83 bits per heavy atom. The van der Waals surface area contributed by atoms with Crippen LogP contribution in [0.1, 0.15) is 60.7 Å². The van der Waals surface area contributed by atoms with Crippen molar-refractivity contribution in [2.24, 2.45) is 5.92 Å². The number of anilines is 1. The van der Waals surface area contributed by atoms with Gasteiger partial charge in [0.1, 0.15) is 11.6 Å². The first kappa shape index (κ1) is 35.8. The number of amides is 2. The van der Waals surface area contributed by atoms with Gasteiger partial charge in [-0.25, -0.2) is 12.8 Å². The number of carbonyl (C=O) groups is 2. The van der Waals surface area contributed by atoms with Gasteiger partial charge in [-0.15, -0.1) is 0 Å². The number of fused-ring (bicyclic) bond motifs is 1. The standard InChI is InChI=1S/C34H43FN4O7S/c1-23-20-39(24(2)22-40)34(42)30-19-28(37-47(43,44)29-11-8-27(35)9-12-29)10-13-31(30)46-25(3)7-5-6-18-45-32(23)21-38(4)33(41)26-14-16-36-17-15-26/h8-17,19,23-25,32,37,40H,5-7,18,20-22H2,1-4H3/t23-,24-,25-,32+/m1/s1. The molecule has 0 fully saturated rings. The lowest BCUT2D eigenvalue weighted by molar-refractivity contribution is -0.0149. The number of aliphatic hydroxyl groups is 1. The van der Waals surface area contributed by atoms with Crippen molar-refractivity contribution in [2.75, 3.05) is 38.1 Å². The zero-order chi connectivity index (χ0) is 34.1. The molecule has 2 amide bonds. The number of hydrogen-bond acceptors (Lipinski definition) is 8. The molecule has 254 valence electrons. The van der Waals surface area contributed by atoms with E-state index in [1.165, 1.54) is 17.0 Å². The Kier molecular flexibility index (Phi) is 12.3. The number of halogens is 1. The molecule has 4 atom stereocenters. The van der Waals surface area contributed by atoms with E-state index in [9.17, 15) is 27.5 Å². The summed E-state index contributed by atoms with van der Waals surface area (Å²) in [6.07, 6.45) is 4.64. The third-order valence-corrected chi connectivity index (χ3v) is 9.55. The second kappa shape index (κ2) is 16.2. The number of sulfonamides is 1. The average molecular weight is 671 g/mol. The molecule has 0 bridgehead atoms. The largest absolute Gasteiger partial charge is 0.490 e. The minimum absolute atomic E-state index is 0.112. The van der Waals surface area contributed by atoms with Gasteiger partial charge in [0, 0.05) is 56.3 Å². The minimum atomic E-state index is -4.10. The fourth-order valence-corrected chi connectivity index (χ4v) is 6.39. The number of nitrogens with one attached hydrogen (secondary N) is 1. The van der Waals surface area contributed by atoms with Gasteiger partial charge >= 0.3 is 0 Å². The van der Waals surface area contributed by atoms with E-state index in [1.807, 2.05) is 13.8 Å². The predicted molar refractivity (Wildman–Crippen MR) is 175 cm³/mol. The monoisotopic (exact) mass is 670 g/mol. The first-order valence-corrected chi connectivity index (χ1v) is 17.2. The topological polar surface area (TPSA) is 138 Å². The minimum Gasteiger partial charge on any atom is -0.490 e. The highest BCUT2D eigenvalue weighted by Gasteiger charge is 2.31. The highest BCUT2D eigenvalue weighted by Crippen LogP contribution is 2.29. The van der Waals surface area contributed by atoms with E-state index in [-0.39, 0.29) is 59.5 Å². The fourth-order valence-electron chi connectivity index (χ4n) is 5.34. The Morgan fingerprint density at radius 1 is 1.13 bits per heavy atom. The van der Waals surface area contributed by atoms with Gasteiger partial charge in [0.2, 0.25) is 0 Å². The number of nitrogens with zero attached hydrogens (tertiary/aromatic N) is 3. The van der Waals surface area contributed by atoms with Gasteiger partial charge in [-0.1, -0.05) is 6.92 Å². The van der Waals surface area contributed by atoms with Crippen LogP contribution in [0.15, 0.2) is 71.9 Å². The lowest BCUT2D eigenvalue weighted by Gasteiger charge is -2.36. The molecular formula is C34H43FN4O7S. The zero-order valence-electron chi connectivity index (χ0n) is 27.1. The fraction of sp³-hybridized carbons (Fsp3) is 0.441. The van der Waals surface area contributed by atoms with Crippen LogP contribution in [-0.4, -0.2) is 91.7 Å². The summed E-state index contributed by atoms with van der Waals surface area (Å²) in [5, 5.41) is 10.2. The Hall–Kier alpha value is -4.07. The molecule has 1 aliphatic heterocycles. The lowest BCUT2D eigenvalue weighted by atomic mass is 10.0. The number of carbonyl (C=O) groups excluding carboxylic acids is 2. The summed E-state index contributed by atoms with van der Waals surface area (Å²) in [6, 6.07) is 11.6. The van der Waals surface area contributed by atoms with Crippen molar-refractivity contribution >= 4 is 27.5 Å². The van der Waals surface area contributed by atoms with Crippen LogP contribution >= 0.6 is 0 Å². The summed E-state index contributed by atoms with van der Waals surface area (Å²) in [6.45, 7) is 6.10. The van der Waals surface area contributed by atoms with Crippen LogP contribution in [0.5, 0.6) is 5.75 Å². The molecule has 0 radical (unpaired) electrons. The highest BCUT2D eigenvalue weighted by molar-refractivity contribution is 7.92. The van der Waals surface area contributed by atoms with Crippen LogP contribution in [0.2, 0.25) is 0 Å². The summed E-state index contributed by atoms with van der Waals surface area (Å²) < 4.78 is 54.6. The molecule has 1 aliphatic rings. The van der Waals surface area contributed by atoms with Crippen molar-refractivity contribution < 1.29 is 37.0 Å². The van der Waals surface area contributed by atoms with Crippen molar-refractivity contribution in [3.63, 3.8) is 0 Å². The molecule has 2 heterocycles. The smallest absolute Gasteiger partial charge is 0.261 e. The Labute approximate surface area is 275 Å². The number of pyridine rings is 1. The summed E-state index contributed by atoms with van der Waals surface area (Å²) in [4.78, 5) is 34.4. The van der Waals surface area contributed by atoms with E-state index in [4.69, 9.17) is 9.47 Å². The Balaban J connectivity index is 1.66. The summed E-state index contributed by atoms with van der Waals surface area (Å²) in [5.41, 5.74) is 0.724. The normalized spacial score (nSPS) is 20.3. The van der Waals surface area contributed by atoms with Crippen LogP contribution < -0.4 is 9.46 Å². The van der Waals surface area contributed by atoms with Gasteiger partial charge in [0.05, 0.1) is 35.3 Å². The van der Waals surface area contributed by atoms with E-state index < -0.39 is 33.9 Å². The van der Waals surface area contributed by atoms with Gasteiger partial charge in [-0.3, -0.25) is 19.3 Å². The molecule has 11 nitrogen and oxygen atoms in total. The quantitative estimate of drug-likeness (QED) is 0.355. The number of hydrogen-bond donors (Lipinski definition) is 2. The molecule has 0 saturated carbocycles. The molecule has 3 aromatic rings. The predicted octanol–water partition coefficient (Wildman–Crippen LogP) is 4.59. The molecule has 2 aromatic carbocycles. The van der Waals surface area contributed by atoms with Gasteiger partial charge in [-0.05, 0) is 87.7 Å². The van der Waals surface area contributed by atoms with Crippen LogP contribution in [-0.2, 0) is 14.8 Å². The molecule has 4 rings (SSSR count). The average Bonchev–Trinajstić information content (AvgIpc) is 3.06. The molecule has 0 aliphatic carbocycles. The van der Waals surface area contributed by atoms with Gasteiger partial charge < -0.3 is 24.4 Å². The highest BCUT2D eigenvalue weighted by atomic mass is 32.2. The molecule has 47 heavy (non-hydrogen) atoms. The Bertz CT molecular complexity index is 1610. The van der Waals surface area contributed by atoms with Gasteiger partial charge in [0.25, 0.3) is 21.8 Å². The molecule has 13 heteroatoms. The number of aliphatic hydroxyl groups excluding tert-OH is 1. The van der Waals surface area contributed by atoms with Crippen molar-refractivity contribution in [3.8, 4) is 5.75 Å².